The highest BCUT2D eigenvalue weighted by atomic mass is 16.5. The molecule has 1 unspecified atom stereocenters. The number of carbonyl (C=O) groups is 3. The molecule has 1 aliphatic carbocycles. The number of ether oxygens (including phenoxy) is 1. The Morgan fingerprint density at radius 3 is 2.60 bits per heavy atom. The Morgan fingerprint density at radius 1 is 1.20 bits per heavy atom. The van der Waals surface area contributed by atoms with Crippen LogP contribution in [0, 0.1) is 0 Å². The Kier molecular flexibility index (Phi) is 5.39. The van der Waals surface area contributed by atoms with Gasteiger partial charge in [0.15, 0.2) is 0 Å². The highest BCUT2D eigenvalue weighted by Crippen LogP contribution is 2.35. The average Bonchev–Trinajstić information content (AvgIpc) is 3.32. The molecule has 4 amide bonds. The molecule has 1 saturated heterocycles. The van der Waals surface area contributed by atoms with Gasteiger partial charge in [-0.1, -0.05) is 43.2 Å². The molecule has 30 heavy (non-hydrogen) atoms. The second-order valence-corrected chi connectivity index (χ2v) is 7.72. The first-order chi connectivity index (χ1) is 14.5. The van der Waals surface area contributed by atoms with Crippen molar-refractivity contribution in [1.29, 1.82) is 0 Å². The van der Waals surface area contributed by atoms with Gasteiger partial charge in [-0.25, -0.2) is 14.7 Å². The second kappa shape index (κ2) is 8.14. The lowest BCUT2D eigenvalue weighted by Crippen LogP contribution is -2.48. The van der Waals surface area contributed by atoms with Crippen molar-refractivity contribution in [3.63, 3.8) is 0 Å². The molecule has 0 bridgehead atoms. The molecule has 2 fully saturated rings. The highest BCUT2D eigenvalue weighted by molar-refractivity contribution is 6.11. The summed E-state index contributed by atoms with van der Waals surface area (Å²) in [6, 6.07) is 11.6. The molecule has 8 heteroatoms. The fraction of sp³-hybridized carbons (Fsp3) is 0.364. The van der Waals surface area contributed by atoms with Gasteiger partial charge >= 0.3 is 6.03 Å². The minimum atomic E-state index is -0.925. The molecule has 1 atom stereocenters. The van der Waals surface area contributed by atoms with E-state index in [1.165, 1.54) is 6.20 Å². The molecule has 2 aliphatic rings. The summed E-state index contributed by atoms with van der Waals surface area (Å²) in [4.78, 5) is 43.0. The number of imide groups is 1. The first-order valence-corrected chi connectivity index (χ1v) is 10.1. The Labute approximate surface area is 174 Å². The number of rotatable bonds is 6. The average molecular weight is 408 g/mol. The van der Waals surface area contributed by atoms with Gasteiger partial charge in [0.1, 0.15) is 18.2 Å². The number of amides is 4. The van der Waals surface area contributed by atoms with E-state index in [1.54, 1.807) is 19.1 Å². The molecule has 1 aromatic heterocycles. The van der Waals surface area contributed by atoms with Crippen LogP contribution in [0.1, 0.15) is 38.2 Å². The summed E-state index contributed by atoms with van der Waals surface area (Å²) in [5.41, 5.74) is 0.658. The standard InChI is InChI=1S/C22H24N4O4/c1-15(26-20(28)22(25-21(26)29)11-5-6-12-22)19(27)24-17-9-10-18(23-13-17)30-14-16-7-3-2-4-8-16/h2-4,7-10,13,15H,5-6,11-12,14H2,1H3,(H,24,27)(H,25,29). The van der Waals surface area contributed by atoms with Crippen LogP contribution in [0.25, 0.3) is 0 Å². The second-order valence-electron chi connectivity index (χ2n) is 7.72. The van der Waals surface area contributed by atoms with Crippen LogP contribution in [0.5, 0.6) is 5.88 Å². The number of nitrogens with one attached hydrogen (secondary N) is 2. The van der Waals surface area contributed by atoms with Crippen molar-refractivity contribution in [3.8, 4) is 5.88 Å². The van der Waals surface area contributed by atoms with Gasteiger partial charge in [-0.05, 0) is 31.4 Å². The summed E-state index contributed by atoms with van der Waals surface area (Å²) in [5.74, 6) is -0.328. The minimum Gasteiger partial charge on any atom is -0.473 e. The third-order valence-electron chi connectivity index (χ3n) is 5.65. The predicted molar refractivity (Wildman–Crippen MR) is 110 cm³/mol. The van der Waals surface area contributed by atoms with Crippen molar-refractivity contribution < 1.29 is 19.1 Å². The van der Waals surface area contributed by atoms with Crippen molar-refractivity contribution in [2.24, 2.45) is 0 Å². The van der Waals surface area contributed by atoms with Crippen molar-refractivity contribution in [2.75, 3.05) is 5.32 Å². The summed E-state index contributed by atoms with van der Waals surface area (Å²) in [5, 5.41) is 5.50. The Balaban J connectivity index is 1.35. The van der Waals surface area contributed by atoms with Gasteiger partial charge in [-0.15, -0.1) is 0 Å². The smallest absolute Gasteiger partial charge is 0.325 e. The number of nitrogens with zero attached hydrogens (tertiary/aromatic N) is 2. The first-order valence-electron chi connectivity index (χ1n) is 10.1. The number of benzene rings is 1. The topological polar surface area (TPSA) is 101 Å². The summed E-state index contributed by atoms with van der Waals surface area (Å²) >= 11 is 0. The third-order valence-corrected chi connectivity index (χ3v) is 5.65. The summed E-state index contributed by atoms with van der Waals surface area (Å²) in [7, 11) is 0. The predicted octanol–water partition coefficient (Wildman–Crippen LogP) is 2.85. The van der Waals surface area contributed by atoms with Crippen molar-refractivity contribution in [2.45, 2.75) is 50.8 Å². The third kappa shape index (κ3) is 3.85. The molecule has 2 heterocycles. The maximum absolute atomic E-state index is 12.8. The van der Waals surface area contributed by atoms with E-state index in [0.717, 1.165) is 23.3 Å². The zero-order chi connectivity index (χ0) is 21.1. The van der Waals surface area contributed by atoms with Gasteiger partial charge in [-0.2, -0.15) is 0 Å². The van der Waals surface area contributed by atoms with Gasteiger partial charge in [0.05, 0.1) is 11.9 Å². The van der Waals surface area contributed by atoms with E-state index in [2.05, 4.69) is 15.6 Å². The molecule has 1 saturated carbocycles. The SMILES string of the molecule is CC(C(=O)Nc1ccc(OCc2ccccc2)nc1)N1C(=O)NC2(CCCC2)C1=O. The minimum absolute atomic E-state index is 0.310. The molecule has 4 rings (SSSR count). The fourth-order valence-corrected chi connectivity index (χ4v) is 3.95. The maximum Gasteiger partial charge on any atom is 0.325 e. The Hall–Kier alpha value is -3.42. The summed E-state index contributed by atoms with van der Waals surface area (Å²) < 4.78 is 5.63. The molecule has 156 valence electrons. The van der Waals surface area contributed by atoms with Gasteiger partial charge in [0, 0.05) is 6.07 Å². The van der Waals surface area contributed by atoms with E-state index in [9.17, 15) is 14.4 Å². The molecular weight excluding hydrogens is 384 g/mol. The zero-order valence-corrected chi connectivity index (χ0v) is 16.8. The molecule has 1 spiro atoms. The van der Waals surface area contributed by atoms with E-state index in [4.69, 9.17) is 4.74 Å². The van der Waals surface area contributed by atoms with Crippen LogP contribution in [0.2, 0.25) is 0 Å². The lowest BCUT2D eigenvalue weighted by atomic mass is 9.97. The number of anilines is 1. The van der Waals surface area contributed by atoms with Crippen LogP contribution >= 0.6 is 0 Å². The number of urea groups is 1. The highest BCUT2D eigenvalue weighted by Gasteiger charge is 2.54. The molecular formula is C22H24N4O4. The number of hydrogen-bond donors (Lipinski definition) is 2. The van der Waals surface area contributed by atoms with E-state index in [-0.39, 0.29) is 5.91 Å². The van der Waals surface area contributed by atoms with Gasteiger partial charge < -0.3 is 15.4 Å². The van der Waals surface area contributed by atoms with Gasteiger partial charge in [-0.3, -0.25) is 9.59 Å². The van der Waals surface area contributed by atoms with Crippen molar-refractivity contribution >= 4 is 23.5 Å². The lowest BCUT2D eigenvalue weighted by molar-refractivity contribution is -0.136. The van der Waals surface area contributed by atoms with E-state index >= 15 is 0 Å². The molecule has 2 N–H and O–H groups in total. The number of aromatic nitrogens is 1. The Morgan fingerprint density at radius 2 is 1.93 bits per heavy atom. The molecule has 2 aromatic rings. The van der Waals surface area contributed by atoms with Crippen molar-refractivity contribution in [1.82, 2.24) is 15.2 Å². The van der Waals surface area contributed by atoms with E-state index in [1.807, 2.05) is 30.3 Å². The first kappa shape index (κ1) is 19.9. The van der Waals surface area contributed by atoms with Crippen LogP contribution < -0.4 is 15.4 Å². The zero-order valence-electron chi connectivity index (χ0n) is 16.8. The number of carbonyl (C=O) groups excluding carboxylic acids is 3. The Bertz CT molecular complexity index is 939. The molecule has 1 aliphatic heterocycles. The molecule has 0 radical (unpaired) electrons. The normalized spacial score (nSPS) is 18.4. The summed E-state index contributed by atoms with van der Waals surface area (Å²) in [6.45, 7) is 1.94. The fourth-order valence-electron chi connectivity index (χ4n) is 3.95. The van der Waals surface area contributed by atoms with Gasteiger partial charge in [0.25, 0.3) is 5.91 Å². The van der Waals surface area contributed by atoms with Crippen molar-refractivity contribution in [3.05, 3.63) is 54.2 Å². The van der Waals surface area contributed by atoms with E-state index in [0.29, 0.717) is 31.0 Å². The lowest BCUT2D eigenvalue weighted by Gasteiger charge is -2.23. The van der Waals surface area contributed by atoms with Crippen LogP contribution in [-0.2, 0) is 16.2 Å². The van der Waals surface area contributed by atoms with Crippen LogP contribution in [0.3, 0.4) is 0 Å². The van der Waals surface area contributed by atoms with Gasteiger partial charge in [0.2, 0.25) is 11.8 Å². The van der Waals surface area contributed by atoms with E-state index < -0.39 is 23.5 Å². The monoisotopic (exact) mass is 408 g/mol. The number of pyridine rings is 1. The maximum atomic E-state index is 12.8. The quantitative estimate of drug-likeness (QED) is 0.716. The number of hydrogen-bond acceptors (Lipinski definition) is 5. The van der Waals surface area contributed by atoms with Crippen LogP contribution in [0.15, 0.2) is 48.7 Å². The molecule has 1 aromatic carbocycles. The van der Waals surface area contributed by atoms with Crippen LogP contribution in [-0.4, -0.2) is 39.3 Å². The van der Waals surface area contributed by atoms with Crippen LogP contribution in [0.4, 0.5) is 10.5 Å². The summed E-state index contributed by atoms with van der Waals surface area (Å²) in [6.07, 6.45) is 4.51. The largest absolute Gasteiger partial charge is 0.473 e. The molecule has 8 nitrogen and oxygen atoms in total.